The third-order valence-electron chi connectivity index (χ3n) is 7.24. The first-order valence-electron chi connectivity index (χ1n) is 12.1. The molecule has 3 aromatic rings. The zero-order valence-corrected chi connectivity index (χ0v) is 21.4. The smallest absolute Gasteiger partial charge is 0.407 e. The fourth-order valence-electron chi connectivity index (χ4n) is 5.20. The third-order valence-corrected chi connectivity index (χ3v) is 8.37. The highest BCUT2D eigenvalue weighted by Gasteiger charge is 2.42. The van der Waals surface area contributed by atoms with Crippen molar-refractivity contribution in [3.05, 3.63) is 57.1 Å². The van der Waals surface area contributed by atoms with Gasteiger partial charge in [0.25, 0.3) is 5.91 Å². The predicted molar refractivity (Wildman–Crippen MR) is 134 cm³/mol. The van der Waals surface area contributed by atoms with E-state index < -0.39 is 35.7 Å². The summed E-state index contributed by atoms with van der Waals surface area (Å²) in [5, 5.41) is 4.88. The third kappa shape index (κ3) is 4.27. The molecule has 1 saturated carbocycles. The fraction of sp³-hybridized carbons (Fsp3) is 0.360. The van der Waals surface area contributed by atoms with Crippen LogP contribution in [-0.4, -0.2) is 50.8 Å². The molecule has 0 radical (unpaired) electrons. The number of fused-ring (bicyclic) bond motifs is 2. The van der Waals surface area contributed by atoms with E-state index >= 15 is 4.39 Å². The molecule has 1 atom stereocenters. The molecular formula is C25H21ClFN5O5S. The zero-order valence-electron chi connectivity index (χ0n) is 19.8. The first-order chi connectivity index (χ1) is 18.3. The first kappa shape index (κ1) is 24.7. The van der Waals surface area contributed by atoms with Crippen molar-refractivity contribution in [1.29, 1.82) is 0 Å². The molecule has 1 aromatic carbocycles. The summed E-state index contributed by atoms with van der Waals surface area (Å²) >= 11 is 7.91. The molecule has 2 aromatic heterocycles. The van der Waals surface area contributed by atoms with Crippen molar-refractivity contribution in [2.75, 3.05) is 0 Å². The Bertz CT molecular complexity index is 1510. The highest BCUT2D eigenvalue weighted by atomic mass is 35.5. The lowest BCUT2D eigenvalue weighted by atomic mass is 9.79. The quantitative estimate of drug-likeness (QED) is 0.460. The second-order valence-corrected chi connectivity index (χ2v) is 10.8. The molecule has 4 amide bonds. The summed E-state index contributed by atoms with van der Waals surface area (Å²) in [5.41, 5.74) is 3.62. The Labute approximate surface area is 224 Å². The Morgan fingerprint density at radius 1 is 1.29 bits per heavy atom. The van der Waals surface area contributed by atoms with Crippen LogP contribution < -0.4 is 10.6 Å². The number of aromatic nitrogens is 2. The number of amides is 4. The molecule has 4 heterocycles. The second kappa shape index (κ2) is 9.59. The van der Waals surface area contributed by atoms with Gasteiger partial charge in [0, 0.05) is 47.8 Å². The molecule has 196 valence electrons. The van der Waals surface area contributed by atoms with Crippen molar-refractivity contribution in [3.63, 3.8) is 0 Å². The summed E-state index contributed by atoms with van der Waals surface area (Å²) in [6.07, 6.45) is 2.21. The number of carbonyl (C=O) groups is 4. The molecule has 2 N–H and O–H groups in total. The van der Waals surface area contributed by atoms with Gasteiger partial charge in [-0.15, -0.1) is 11.3 Å². The van der Waals surface area contributed by atoms with E-state index in [-0.39, 0.29) is 59.7 Å². The van der Waals surface area contributed by atoms with Crippen molar-refractivity contribution in [1.82, 2.24) is 25.5 Å². The second-order valence-electron chi connectivity index (χ2n) is 9.53. The van der Waals surface area contributed by atoms with Crippen LogP contribution in [0.3, 0.4) is 0 Å². The summed E-state index contributed by atoms with van der Waals surface area (Å²) in [6.45, 7) is -0.280. The number of rotatable bonds is 5. The Morgan fingerprint density at radius 2 is 2.11 bits per heavy atom. The number of carbonyl (C=O) groups excluding carboxylic acids is 4. The van der Waals surface area contributed by atoms with Gasteiger partial charge in [-0.1, -0.05) is 11.6 Å². The van der Waals surface area contributed by atoms with Gasteiger partial charge in [0.05, 0.1) is 21.5 Å². The average molecular weight is 558 g/mol. The first-order valence-corrected chi connectivity index (χ1v) is 13.3. The molecule has 1 aliphatic carbocycles. The molecule has 6 rings (SSSR count). The molecular weight excluding hydrogens is 537 g/mol. The van der Waals surface area contributed by atoms with Crippen molar-refractivity contribution < 1.29 is 28.3 Å². The standard InChI is InChI=1S/C25H21ClFN5O5S/c26-15-7-12(20(27)19-14(15)9-32(24(19)35)16-1-2-18(33)31-23(16)34)8-29-25(36)37-13-5-11(6-13)21-22-17(3-4-28-21)38-10-30-22/h3-4,7,10-11,13,16H,1-2,5-6,8-9H2,(H,29,36)(H,31,33,34)/t11?,13?,16-/m0/s1. The van der Waals surface area contributed by atoms with Crippen LogP contribution in [0.1, 0.15) is 58.8 Å². The van der Waals surface area contributed by atoms with E-state index in [1.807, 2.05) is 6.07 Å². The van der Waals surface area contributed by atoms with Crippen LogP contribution in [0.4, 0.5) is 9.18 Å². The van der Waals surface area contributed by atoms with Gasteiger partial charge in [-0.05, 0) is 31.4 Å². The van der Waals surface area contributed by atoms with E-state index in [2.05, 4.69) is 20.6 Å². The van der Waals surface area contributed by atoms with Crippen LogP contribution in [-0.2, 0) is 27.4 Å². The predicted octanol–water partition coefficient (Wildman–Crippen LogP) is 3.42. The number of hydrogen-bond donors (Lipinski definition) is 2. The number of ether oxygens (including phenoxy) is 1. The Morgan fingerprint density at radius 3 is 2.89 bits per heavy atom. The maximum absolute atomic E-state index is 15.4. The number of thiazole rings is 1. The van der Waals surface area contributed by atoms with Crippen LogP contribution in [0, 0.1) is 5.82 Å². The highest BCUT2D eigenvalue weighted by Crippen LogP contribution is 2.41. The number of benzene rings is 1. The number of halogens is 2. The van der Waals surface area contributed by atoms with Crippen LogP contribution in [0.2, 0.25) is 5.02 Å². The van der Waals surface area contributed by atoms with E-state index in [4.69, 9.17) is 16.3 Å². The van der Waals surface area contributed by atoms with Crippen LogP contribution in [0.15, 0.2) is 23.8 Å². The Balaban J connectivity index is 1.07. The molecule has 3 aliphatic rings. The fourth-order valence-corrected chi connectivity index (χ4v) is 6.16. The van der Waals surface area contributed by atoms with Crippen LogP contribution in [0.25, 0.3) is 10.2 Å². The average Bonchev–Trinajstić information content (AvgIpc) is 3.48. The summed E-state index contributed by atoms with van der Waals surface area (Å²) < 4.78 is 21.9. The number of nitrogens with zero attached hydrogens (tertiary/aromatic N) is 3. The van der Waals surface area contributed by atoms with E-state index in [0.717, 1.165) is 15.9 Å². The molecule has 2 fully saturated rings. The lowest BCUT2D eigenvalue weighted by molar-refractivity contribution is -0.136. The highest BCUT2D eigenvalue weighted by molar-refractivity contribution is 7.16. The number of imide groups is 1. The van der Waals surface area contributed by atoms with Gasteiger partial charge in [-0.25, -0.2) is 14.2 Å². The van der Waals surface area contributed by atoms with Gasteiger partial charge in [0.1, 0.15) is 23.5 Å². The molecule has 0 spiro atoms. The number of pyridine rings is 1. The Hall–Kier alpha value is -3.64. The van der Waals surface area contributed by atoms with E-state index in [1.54, 1.807) is 23.0 Å². The lowest BCUT2D eigenvalue weighted by Crippen LogP contribution is -2.52. The van der Waals surface area contributed by atoms with E-state index in [0.29, 0.717) is 12.8 Å². The van der Waals surface area contributed by atoms with E-state index in [1.165, 1.54) is 11.0 Å². The topological polar surface area (TPSA) is 131 Å². The molecule has 38 heavy (non-hydrogen) atoms. The maximum atomic E-state index is 15.4. The van der Waals surface area contributed by atoms with Crippen molar-refractivity contribution >= 4 is 57.0 Å². The van der Waals surface area contributed by atoms with Gasteiger partial charge < -0.3 is 15.0 Å². The van der Waals surface area contributed by atoms with Crippen molar-refractivity contribution in [2.45, 2.75) is 56.8 Å². The molecule has 13 heteroatoms. The van der Waals surface area contributed by atoms with E-state index in [9.17, 15) is 19.2 Å². The van der Waals surface area contributed by atoms with Crippen LogP contribution >= 0.6 is 22.9 Å². The molecule has 0 bridgehead atoms. The molecule has 10 nitrogen and oxygen atoms in total. The summed E-state index contributed by atoms with van der Waals surface area (Å²) in [5.74, 6) is -2.35. The molecule has 2 aliphatic heterocycles. The molecule has 1 saturated heterocycles. The monoisotopic (exact) mass is 557 g/mol. The maximum Gasteiger partial charge on any atom is 0.407 e. The number of hydrogen-bond acceptors (Lipinski definition) is 8. The van der Waals surface area contributed by atoms with Gasteiger partial charge in [-0.2, -0.15) is 0 Å². The number of alkyl carbamates (subject to hydrolysis) is 1. The Kier molecular flexibility index (Phi) is 6.23. The van der Waals surface area contributed by atoms with Crippen LogP contribution in [0.5, 0.6) is 0 Å². The summed E-state index contributed by atoms with van der Waals surface area (Å²) in [7, 11) is 0. The minimum absolute atomic E-state index is 0.0232. The summed E-state index contributed by atoms with van der Waals surface area (Å²) in [4.78, 5) is 59.2. The minimum atomic E-state index is -0.886. The van der Waals surface area contributed by atoms with Gasteiger partial charge in [-0.3, -0.25) is 24.7 Å². The van der Waals surface area contributed by atoms with Gasteiger partial charge in [0.15, 0.2) is 0 Å². The largest absolute Gasteiger partial charge is 0.446 e. The lowest BCUT2D eigenvalue weighted by Gasteiger charge is -2.34. The number of nitrogens with one attached hydrogen (secondary N) is 2. The van der Waals surface area contributed by atoms with Gasteiger partial charge in [0.2, 0.25) is 11.8 Å². The van der Waals surface area contributed by atoms with Crippen molar-refractivity contribution in [3.8, 4) is 0 Å². The summed E-state index contributed by atoms with van der Waals surface area (Å²) in [6, 6.07) is 2.39. The van der Waals surface area contributed by atoms with Gasteiger partial charge >= 0.3 is 6.09 Å². The van der Waals surface area contributed by atoms with Crippen molar-refractivity contribution in [2.24, 2.45) is 0 Å². The zero-order chi connectivity index (χ0) is 26.6. The SMILES string of the molecule is O=C1CC[C@H](N2Cc3c(Cl)cc(CNC(=O)OC4CC(c5nccc6scnc56)C4)c(F)c3C2=O)C(=O)N1. The minimum Gasteiger partial charge on any atom is -0.446 e. The number of piperidine rings is 1. The normalized spacial score (nSPS) is 22.7. The molecule has 0 unspecified atom stereocenters.